The average Bonchev–Trinajstić information content (AvgIpc) is 2.76. The molecule has 9 heteroatoms. The van der Waals surface area contributed by atoms with Crippen LogP contribution in [0.5, 0.6) is 17.4 Å². The van der Waals surface area contributed by atoms with Crippen molar-refractivity contribution in [2.75, 3.05) is 25.0 Å². The number of methoxy groups -OCH3 is 1. The molecule has 3 aromatic rings. The second kappa shape index (κ2) is 9.93. The highest BCUT2D eigenvalue weighted by Gasteiger charge is 2.16. The van der Waals surface area contributed by atoms with Crippen molar-refractivity contribution in [2.24, 2.45) is 0 Å². The summed E-state index contributed by atoms with van der Waals surface area (Å²) in [5, 5.41) is 9.14. The van der Waals surface area contributed by atoms with E-state index in [1.54, 1.807) is 56.5 Å². The monoisotopic (exact) mass is 439 g/mol. The van der Waals surface area contributed by atoms with Crippen LogP contribution in [0.3, 0.4) is 0 Å². The first kappa shape index (κ1) is 22.1. The SMILES string of the molecule is COCCOc1ccc(S(=O)(=O)Nc2ccc(Oc3ncccc3C#N)cc2C)cc1. The van der Waals surface area contributed by atoms with Gasteiger partial charge in [0, 0.05) is 13.3 Å². The zero-order valence-electron chi connectivity index (χ0n) is 17.0. The van der Waals surface area contributed by atoms with Crippen molar-refractivity contribution in [3.8, 4) is 23.4 Å². The Morgan fingerprint density at radius 2 is 1.81 bits per heavy atom. The lowest BCUT2D eigenvalue weighted by Gasteiger charge is -2.13. The summed E-state index contributed by atoms with van der Waals surface area (Å²) in [5.41, 5.74) is 1.36. The summed E-state index contributed by atoms with van der Waals surface area (Å²) < 4.78 is 44.1. The van der Waals surface area contributed by atoms with Gasteiger partial charge in [-0.25, -0.2) is 13.4 Å². The summed E-state index contributed by atoms with van der Waals surface area (Å²) in [6.07, 6.45) is 1.53. The Kier molecular flexibility index (Phi) is 7.07. The highest BCUT2D eigenvalue weighted by molar-refractivity contribution is 7.92. The van der Waals surface area contributed by atoms with Gasteiger partial charge in [-0.1, -0.05) is 0 Å². The van der Waals surface area contributed by atoms with Gasteiger partial charge >= 0.3 is 0 Å². The van der Waals surface area contributed by atoms with Crippen LogP contribution in [0.4, 0.5) is 5.69 Å². The molecule has 0 spiro atoms. The lowest BCUT2D eigenvalue weighted by molar-refractivity contribution is 0.146. The largest absolute Gasteiger partial charge is 0.491 e. The molecule has 0 aliphatic rings. The van der Waals surface area contributed by atoms with Gasteiger partial charge in [-0.3, -0.25) is 4.72 Å². The van der Waals surface area contributed by atoms with E-state index in [-0.39, 0.29) is 10.8 Å². The number of aromatic nitrogens is 1. The molecular weight excluding hydrogens is 418 g/mol. The first-order valence-corrected chi connectivity index (χ1v) is 10.8. The maximum Gasteiger partial charge on any atom is 0.261 e. The number of pyridine rings is 1. The van der Waals surface area contributed by atoms with Crippen LogP contribution in [0.2, 0.25) is 0 Å². The summed E-state index contributed by atoms with van der Waals surface area (Å²) >= 11 is 0. The fourth-order valence-electron chi connectivity index (χ4n) is 2.64. The van der Waals surface area contributed by atoms with Crippen molar-refractivity contribution in [1.82, 2.24) is 4.98 Å². The van der Waals surface area contributed by atoms with Crippen molar-refractivity contribution in [3.63, 3.8) is 0 Å². The minimum Gasteiger partial charge on any atom is -0.491 e. The van der Waals surface area contributed by atoms with Crippen molar-refractivity contribution in [2.45, 2.75) is 11.8 Å². The van der Waals surface area contributed by atoms with Gasteiger partial charge < -0.3 is 14.2 Å². The molecular formula is C22H21N3O5S. The predicted octanol–water partition coefficient (Wildman–Crippen LogP) is 3.88. The zero-order valence-corrected chi connectivity index (χ0v) is 17.8. The predicted molar refractivity (Wildman–Crippen MR) is 115 cm³/mol. The van der Waals surface area contributed by atoms with E-state index in [0.29, 0.717) is 41.5 Å². The second-order valence-corrected chi connectivity index (χ2v) is 8.15. The minimum absolute atomic E-state index is 0.110. The van der Waals surface area contributed by atoms with E-state index in [1.165, 1.54) is 18.3 Å². The average molecular weight is 439 g/mol. The molecule has 0 radical (unpaired) electrons. The molecule has 0 bridgehead atoms. The molecule has 1 heterocycles. The van der Waals surface area contributed by atoms with E-state index in [2.05, 4.69) is 9.71 Å². The van der Waals surface area contributed by atoms with Crippen molar-refractivity contribution < 1.29 is 22.6 Å². The standard InChI is InChI=1S/C22H21N3O5S/c1-16-14-19(30-22-17(15-23)4-3-11-24-22)7-10-21(16)25-31(26,27)20-8-5-18(6-9-20)29-13-12-28-2/h3-11,14,25H,12-13H2,1-2H3. The van der Waals surface area contributed by atoms with Crippen molar-refractivity contribution >= 4 is 15.7 Å². The minimum atomic E-state index is -3.79. The summed E-state index contributed by atoms with van der Waals surface area (Å²) in [4.78, 5) is 4.16. The van der Waals surface area contributed by atoms with Gasteiger partial charge in [-0.2, -0.15) is 5.26 Å². The summed E-state index contributed by atoms with van der Waals surface area (Å²) in [5.74, 6) is 1.18. The summed E-state index contributed by atoms with van der Waals surface area (Å²) in [7, 11) is -2.21. The Hall–Kier alpha value is -3.61. The first-order chi connectivity index (χ1) is 14.9. The molecule has 0 aliphatic heterocycles. The van der Waals surface area contributed by atoms with E-state index >= 15 is 0 Å². The topological polar surface area (TPSA) is 111 Å². The third kappa shape index (κ3) is 5.72. The Balaban J connectivity index is 1.72. The zero-order chi connectivity index (χ0) is 22.3. The molecule has 0 saturated carbocycles. The Bertz CT molecular complexity index is 1190. The molecule has 0 amide bonds. The van der Waals surface area contributed by atoms with Gasteiger partial charge in [-0.05, 0) is 67.1 Å². The van der Waals surface area contributed by atoms with Gasteiger partial charge in [0.2, 0.25) is 5.88 Å². The third-order valence-corrected chi connectivity index (χ3v) is 5.62. The third-order valence-electron chi connectivity index (χ3n) is 4.24. The van der Waals surface area contributed by atoms with Gasteiger partial charge in [0.15, 0.2) is 0 Å². The highest BCUT2D eigenvalue weighted by atomic mass is 32.2. The molecule has 0 aliphatic carbocycles. The van der Waals surface area contributed by atoms with E-state index < -0.39 is 10.0 Å². The molecule has 8 nitrogen and oxygen atoms in total. The first-order valence-electron chi connectivity index (χ1n) is 9.31. The Morgan fingerprint density at radius 3 is 2.48 bits per heavy atom. The van der Waals surface area contributed by atoms with E-state index in [9.17, 15) is 8.42 Å². The Morgan fingerprint density at radius 1 is 1.06 bits per heavy atom. The molecule has 3 rings (SSSR count). The number of aryl methyl sites for hydroxylation is 1. The number of hydrogen-bond donors (Lipinski definition) is 1. The van der Waals surface area contributed by atoms with Crippen LogP contribution >= 0.6 is 0 Å². The number of nitriles is 1. The fourth-order valence-corrected chi connectivity index (χ4v) is 3.78. The van der Waals surface area contributed by atoms with Gasteiger partial charge in [0.1, 0.15) is 29.7 Å². The molecule has 31 heavy (non-hydrogen) atoms. The number of sulfonamides is 1. The van der Waals surface area contributed by atoms with Crippen LogP contribution < -0.4 is 14.2 Å². The number of nitrogens with zero attached hydrogens (tertiary/aromatic N) is 2. The molecule has 0 unspecified atom stereocenters. The summed E-state index contributed by atoms with van der Waals surface area (Å²) in [6, 6.07) is 16.3. The molecule has 0 atom stereocenters. The molecule has 1 aromatic heterocycles. The van der Waals surface area contributed by atoms with Crippen LogP contribution in [-0.4, -0.2) is 33.7 Å². The Labute approximate surface area is 181 Å². The molecule has 2 aromatic carbocycles. The number of anilines is 1. The number of hydrogen-bond acceptors (Lipinski definition) is 7. The molecule has 160 valence electrons. The highest BCUT2D eigenvalue weighted by Crippen LogP contribution is 2.28. The number of benzene rings is 2. The van der Waals surface area contributed by atoms with E-state index in [4.69, 9.17) is 19.5 Å². The van der Waals surface area contributed by atoms with Crippen LogP contribution in [0.15, 0.2) is 65.7 Å². The molecule has 0 saturated heterocycles. The maximum absolute atomic E-state index is 12.7. The molecule has 0 fully saturated rings. The number of ether oxygens (including phenoxy) is 3. The number of nitrogens with one attached hydrogen (secondary N) is 1. The molecule has 1 N–H and O–H groups in total. The lowest BCUT2D eigenvalue weighted by Crippen LogP contribution is -2.13. The van der Waals surface area contributed by atoms with E-state index in [1.807, 2.05) is 6.07 Å². The van der Waals surface area contributed by atoms with Gasteiger partial charge in [0.05, 0.1) is 17.2 Å². The van der Waals surface area contributed by atoms with Crippen LogP contribution in [0, 0.1) is 18.3 Å². The van der Waals surface area contributed by atoms with Gasteiger partial charge in [0.25, 0.3) is 10.0 Å². The van der Waals surface area contributed by atoms with Crippen LogP contribution in [-0.2, 0) is 14.8 Å². The lowest BCUT2D eigenvalue weighted by atomic mass is 10.2. The summed E-state index contributed by atoms with van der Waals surface area (Å²) in [6.45, 7) is 2.57. The number of rotatable bonds is 9. The van der Waals surface area contributed by atoms with Crippen molar-refractivity contribution in [1.29, 1.82) is 5.26 Å². The fraction of sp³-hybridized carbons (Fsp3) is 0.182. The van der Waals surface area contributed by atoms with Crippen LogP contribution in [0.25, 0.3) is 0 Å². The normalized spacial score (nSPS) is 10.9. The van der Waals surface area contributed by atoms with Crippen LogP contribution in [0.1, 0.15) is 11.1 Å². The van der Waals surface area contributed by atoms with Crippen molar-refractivity contribution in [3.05, 3.63) is 71.9 Å². The van der Waals surface area contributed by atoms with Gasteiger partial charge in [-0.15, -0.1) is 0 Å². The quantitative estimate of drug-likeness (QED) is 0.504. The second-order valence-electron chi connectivity index (χ2n) is 6.46. The maximum atomic E-state index is 12.7. The smallest absolute Gasteiger partial charge is 0.261 e. The van der Waals surface area contributed by atoms with E-state index in [0.717, 1.165) is 0 Å².